The third-order valence-corrected chi connectivity index (χ3v) is 1.61. The summed E-state index contributed by atoms with van der Waals surface area (Å²) in [5.74, 6) is -2.01. The smallest absolute Gasteiger partial charge is 0.339 e. The van der Waals surface area contributed by atoms with Gasteiger partial charge in [0.05, 0.1) is 6.61 Å². The Morgan fingerprint density at radius 2 is 2.07 bits per heavy atom. The fourth-order valence-electron chi connectivity index (χ4n) is 1.08. The maximum atomic E-state index is 13.0. The molecule has 3 nitrogen and oxygen atoms in total. The lowest BCUT2D eigenvalue weighted by Gasteiger charge is -2.04. The summed E-state index contributed by atoms with van der Waals surface area (Å²) in [5.41, 5.74) is 0.0272. The van der Waals surface area contributed by atoms with Crippen molar-refractivity contribution in [1.29, 1.82) is 0 Å². The SMILES string of the molecule is CC.COCc1cccc(F)c1C(=O)O. The number of carboxylic acid groups (broad SMARTS) is 1. The molecular weight excluding hydrogens is 199 g/mol. The van der Waals surface area contributed by atoms with Crippen molar-refractivity contribution in [3.05, 3.63) is 35.1 Å². The molecule has 0 saturated heterocycles. The fourth-order valence-corrected chi connectivity index (χ4v) is 1.08. The average Bonchev–Trinajstić information content (AvgIpc) is 2.21. The van der Waals surface area contributed by atoms with E-state index in [0.717, 1.165) is 6.07 Å². The zero-order valence-corrected chi connectivity index (χ0v) is 9.08. The lowest BCUT2D eigenvalue weighted by atomic mass is 10.1. The summed E-state index contributed by atoms with van der Waals surface area (Å²) in [7, 11) is 1.43. The van der Waals surface area contributed by atoms with Crippen molar-refractivity contribution < 1.29 is 19.0 Å². The van der Waals surface area contributed by atoms with E-state index >= 15 is 0 Å². The number of methoxy groups -OCH3 is 1. The van der Waals surface area contributed by atoms with Crippen molar-refractivity contribution in [3.8, 4) is 0 Å². The minimum absolute atomic E-state index is 0.0966. The Balaban J connectivity index is 0.000000921. The minimum atomic E-state index is -1.27. The van der Waals surface area contributed by atoms with Crippen LogP contribution in [0.3, 0.4) is 0 Å². The van der Waals surface area contributed by atoms with Crippen molar-refractivity contribution in [1.82, 2.24) is 0 Å². The summed E-state index contributed by atoms with van der Waals surface area (Å²) in [6.07, 6.45) is 0. The van der Waals surface area contributed by atoms with Gasteiger partial charge in [0.1, 0.15) is 11.4 Å². The predicted molar refractivity (Wildman–Crippen MR) is 55.4 cm³/mol. The van der Waals surface area contributed by atoms with E-state index in [4.69, 9.17) is 9.84 Å². The molecule has 0 unspecified atom stereocenters. The Bertz CT molecular complexity index is 324. The summed E-state index contributed by atoms with van der Waals surface area (Å²) in [4.78, 5) is 10.6. The van der Waals surface area contributed by atoms with Gasteiger partial charge in [-0.15, -0.1) is 0 Å². The Hall–Kier alpha value is -1.42. The molecule has 84 valence electrons. The van der Waals surface area contributed by atoms with Gasteiger partial charge in [-0.25, -0.2) is 9.18 Å². The maximum absolute atomic E-state index is 13.0. The number of carboxylic acids is 1. The lowest BCUT2D eigenvalue weighted by molar-refractivity contribution is 0.0686. The first-order valence-electron chi connectivity index (χ1n) is 4.66. The van der Waals surface area contributed by atoms with E-state index in [9.17, 15) is 9.18 Å². The Labute approximate surface area is 88.5 Å². The number of hydrogen-bond donors (Lipinski definition) is 1. The van der Waals surface area contributed by atoms with Crippen LogP contribution in [0.15, 0.2) is 18.2 Å². The molecule has 0 aliphatic carbocycles. The number of halogens is 1. The molecule has 15 heavy (non-hydrogen) atoms. The van der Waals surface area contributed by atoms with Crippen molar-refractivity contribution >= 4 is 5.97 Å². The molecule has 4 heteroatoms. The maximum Gasteiger partial charge on any atom is 0.339 e. The summed E-state index contributed by atoms with van der Waals surface area (Å²) >= 11 is 0. The fraction of sp³-hybridized carbons (Fsp3) is 0.364. The first-order chi connectivity index (χ1) is 7.16. The number of ether oxygens (including phenoxy) is 1. The molecule has 0 aromatic heterocycles. The van der Waals surface area contributed by atoms with Crippen LogP contribution in [0, 0.1) is 5.82 Å². The predicted octanol–water partition coefficient (Wildman–Crippen LogP) is 2.70. The van der Waals surface area contributed by atoms with Crippen LogP contribution in [0.1, 0.15) is 29.8 Å². The topological polar surface area (TPSA) is 46.5 Å². The van der Waals surface area contributed by atoms with E-state index in [1.165, 1.54) is 19.2 Å². The molecule has 0 atom stereocenters. The summed E-state index contributed by atoms with van der Waals surface area (Å²) in [6, 6.07) is 4.09. The molecule has 0 aliphatic rings. The molecule has 0 aliphatic heterocycles. The van der Waals surface area contributed by atoms with Crippen LogP contribution >= 0.6 is 0 Å². The van der Waals surface area contributed by atoms with Crippen LogP contribution in [0.5, 0.6) is 0 Å². The highest BCUT2D eigenvalue weighted by Gasteiger charge is 2.14. The Kier molecular flexibility index (Phi) is 6.29. The minimum Gasteiger partial charge on any atom is -0.478 e. The number of rotatable bonds is 3. The first kappa shape index (κ1) is 13.6. The van der Waals surface area contributed by atoms with Gasteiger partial charge in [-0.1, -0.05) is 26.0 Å². The number of aromatic carboxylic acids is 1. The van der Waals surface area contributed by atoms with Crippen LogP contribution in [-0.4, -0.2) is 18.2 Å². The molecule has 0 saturated carbocycles. The van der Waals surface area contributed by atoms with Crippen molar-refractivity contribution in [3.63, 3.8) is 0 Å². The van der Waals surface area contributed by atoms with E-state index in [-0.39, 0.29) is 12.2 Å². The van der Waals surface area contributed by atoms with Gasteiger partial charge in [-0.3, -0.25) is 0 Å². The second-order valence-electron chi connectivity index (χ2n) is 2.51. The highest BCUT2D eigenvalue weighted by atomic mass is 19.1. The summed E-state index contributed by atoms with van der Waals surface area (Å²) in [5, 5.41) is 8.68. The summed E-state index contributed by atoms with van der Waals surface area (Å²) in [6.45, 7) is 4.10. The molecular formula is C11H15FO3. The molecule has 0 fully saturated rings. The van der Waals surface area contributed by atoms with Gasteiger partial charge in [0.25, 0.3) is 0 Å². The number of benzene rings is 1. The van der Waals surface area contributed by atoms with Gasteiger partial charge in [-0.2, -0.15) is 0 Å². The zero-order chi connectivity index (χ0) is 11.8. The van der Waals surface area contributed by atoms with Crippen LogP contribution in [0.25, 0.3) is 0 Å². The second kappa shape index (κ2) is 6.95. The van der Waals surface area contributed by atoms with Gasteiger partial charge in [0, 0.05) is 7.11 Å². The highest BCUT2D eigenvalue weighted by Crippen LogP contribution is 2.14. The van der Waals surface area contributed by atoms with Crippen molar-refractivity contribution in [2.75, 3.05) is 7.11 Å². The van der Waals surface area contributed by atoms with Crippen LogP contribution in [0.2, 0.25) is 0 Å². The number of hydrogen-bond acceptors (Lipinski definition) is 2. The molecule has 1 rings (SSSR count). The first-order valence-corrected chi connectivity index (χ1v) is 4.66. The normalized spacial score (nSPS) is 9.07. The molecule has 1 N–H and O–H groups in total. The Morgan fingerprint density at radius 3 is 2.53 bits per heavy atom. The second-order valence-corrected chi connectivity index (χ2v) is 2.51. The zero-order valence-electron chi connectivity index (χ0n) is 9.08. The van der Waals surface area contributed by atoms with E-state index in [2.05, 4.69) is 0 Å². The Morgan fingerprint density at radius 1 is 1.47 bits per heavy atom. The monoisotopic (exact) mass is 214 g/mol. The third kappa shape index (κ3) is 3.67. The average molecular weight is 214 g/mol. The number of carbonyl (C=O) groups is 1. The molecule has 0 heterocycles. The molecule has 1 aromatic rings. The molecule has 0 bridgehead atoms. The molecule has 0 radical (unpaired) electrons. The highest BCUT2D eigenvalue weighted by molar-refractivity contribution is 5.89. The summed E-state index contributed by atoms with van der Waals surface area (Å²) < 4.78 is 17.7. The van der Waals surface area contributed by atoms with Gasteiger partial charge in [0.15, 0.2) is 0 Å². The lowest BCUT2D eigenvalue weighted by Crippen LogP contribution is -2.06. The largest absolute Gasteiger partial charge is 0.478 e. The van der Waals surface area contributed by atoms with Gasteiger partial charge < -0.3 is 9.84 Å². The van der Waals surface area contributed by atoms with Gasteiger partial charge in [-0.05, 0) is 11.6 Å². The van der Waals surface area contributed by atoms with Gasteiger partial charge >= 0.3 is 5.97 Å². The quantitative estimate of drug-likeness (QED) is 0.841. The third-order valence-electron chi connectivity index (χ3n) is 1.61. The molecule has 1 aromatic carbocycles. The van der Waals surface area contributed by atoms with Gasteiger partial charge in [0.2, 0.25) is 0 Å². The van der Waals surface area contributed by atoms with Crippen molar-refractivity contribution in [2.24, 2.45) is 0 Å². The van der Waals surface area contributed by atoms with Crippen molar-refractivity contribution in [2.45, 2.75) is 20.5 Å². The molecule has 0 amide bonds. The van der Waals surface area contributed by atoms with E-state index < -0.39 is 11.8 Å². The van der Waals surface area contributed by atoms with Crippen LogP contribution in [-0.2, 0) is 11.3 Å². The van der Waals surface area contributed by atoms with E-state index in [1.807, 2.05) is 13.8 Å². The molecule has 0 spiro atoms. The van der Waals surface area contributed by atoms with E-state index in [0.29, 0.717) is 5.56 Å². The van der Waals surface area contributed by atoms with E-state index in [1.54, 1.807) is 0 Å². The standard InChI is InChI=1S/C9H9FO3.C2H6/c1-13-5-6-3-2-4-7(10)8(6)9(11)12;1-2/h2-4H,5H2,1H3,(H,11,12);1-2H3. The van der Waals surface area contributed by atoms with Crippen LogP contribution in [0.4, 0.5) is 4.39 Å². The van der Waals surface area contributed by atoms with Crippen LogP contribution < -0.4 is 0 Å².